The largest absolute Gasteiger partial charge is 0.496 e. The van der Waals surface area contributed by atoms with Crippen molar-refractivity contribution >= 4 is 21.8 Å². The quantitative estimate of drug-likeness (QED) is 0.507. The van der Waals surface area contributed by atoms with Gasteiger partial charge in [0.25, 0.3) is 18.8 Å². The van der Waals surface area contributed by atoms with E-state index >= 15 is 0 Å². The second-order valence-electron chi connectivity index (χ2n) is 5.76. The van der Waals surface area contributed by atoms with E-state index in [1.165, 1.54) is 19.2 Å². The van der Waals surface area contributed by atoms with Crippen LogP contribution in [0.1, 0.15) is 40.3 Å². The third-order valence-electron chi connectivity index (χ3n) is 4.02. The lowest BCUT2D eigenvalue weighted by molar-refractivity contribution is 0.0996. The second-order valence-corrected chi connectivity index (χ2v) is 6.55. The Hall–Kier alpha value is -2.96. The van der Waals surface area contributed by atoms with Crippen LogP contribution in [0.4, 0.5) is 17.6 Å². The smallest absolute Gasteiger partial charge is 0.283 e. The number of primary amides is 1. The molecular formula is C16H13BrF4N6O2. The third kappa shape index (κ3) is 3.95. The molecule has 0 spiro atoms. The zero-order valence-electron chi connectivity index (χ0n) is 14.7. The standard InChI is InChI=1S/C16H13BrF4N6O2/c1-29-8-3-2-6(10-12(16(22)28)24-26-23-10)4-7(8)5-27-13(15(20)21)9(17)11(25-27)14(18)19/h2-4,14-15H,5H2,1H3,(H2,22,28)(H,23,24,26). The highest BCUT2D eigenvalue weighted by Crippen LogP contribution is 2.36. The number of nitrogens with two attached hydrogens (primary N) is 1. The number of amides is 1. The number of rotatable bonds is 7. The molecule has 13 heteroatoms. The number of aromatic amines is 1. The molecule has 2 aromatic heterocycles. The van der Waals surface area contributed by atoms with Gasteiger partial charge in [0.1, 0.15) is 22.8 Å². The number of hydrogen-bond acceptors (Lipinski definition) is 5. The van der Waals surface area contributed by atoms with Crippen molar-refractivity contribution in [3.8, 4) is 17.0 Å². The first-order valence-corrected chi connectivity index (χ1v) is 8.74. The molecule has 0 saturated carbocycles. The van der Waals surface area contributed by atoms with Crippen LogP contribution in [0.2, 0.25) is 0 Å². The molecule has 3 aromatic rings. The maximum Gasteiger partial charge on any atom is 0.283 e. The van der Waals surface area contributed by atoms with Crippen molar-refractivity contribution in [1.29, 1.82) is 0 Å². The van der Waals surface area contributed by atoms with E-state index in [0.717, 1.165) is 4.68 Å². The first-order chi connectivity index (χ1) is 13.7. The van der Waals surface area contributed by atoms with Gasteiger partial charge < -0.3 is 10.5 Å². The Bertz CT molecular complexity index is 1050. The summed E-state index contributed by atoms with van der Waals surface area (Å²) in [6, 6.07) is 4.57. The lowest BCUT2D eigenvalue weighted by Crippen LogP contribution is -2.13. The Labute approximate surface area is 169 Å². The molecule has 0 unspecified atom stereocenters. The van der Waals surface area contributed by atoms with Gasteiger partial charge in [-0.3, -0.25) is 9.48 Å². The molecular weight excluding hydrogens is 464 g/mol. The third-order valence-corrected chi connectivity index (χ3v) is 4.84. The molecule has 0 fully saturated rings. The fourth-order valence-corrected chi connectivity index (χ4v) is 3.39. The number of aromatic nitrogens is 5. The van der Waals surface area contributed by atoms with Gasteiger partial charge >= 0.3 is 0 Å². The molecule has 1 amide bonds. The molecule has 0 bridgehead atoms. The predicted molar refractivity (Wildman–Crippen MR) is 95.8 cm³/mol. The highest BCUT2D eigenvalue weighted by Gasteiger charge is 2.28. The Balaban J connectivity index is 2.09. The van der Waals surface area contributed by atoms with Crippen LogP contribution in [0.15, 0.2) is 22.7 Å². The van der Waals surface area contributed by atoms with Crippen LogP contribution in [0, 0.1) is 0 Å². The Kier molecular flexibility index (Phi) is 5.86. The van der Waals surface area contributed by atoms with Crippen molar-refractivity contribution in [3.05, 3.63) is 45.3 Å². The monoisotopic (exact) mass is 476 g/mol. The van der Waals surface area contributed by atoms with Crippen molar-refractivity contribution in [3.63, 3.8) is 0 Å². The number of nitrogens with zero attached hydrogens (tertiary/aromatic N) is 4. The highest BCUT2D eigenvalue weighted by atomic mass is 79.9. The van der Waals surface area contributed by atoms with Crippen LogP contribution >= 0.6 is 15.9 Å². The maximum atomic E-state index is 13.5. The van der Waals surface area contributed by atoms with Gasteiger partial charge in [0.2, 0.25) is 0 Å². The number of methoxy groups -OCH3 is 1. The molecule has 0 aliphatic heterocycles. The number of carbonyl (C=O) groups excluding carboxylic acids is 1. The summed E-state index contributed by atoms with van der Waals surface area (Å²) >= 11 is 2.78. The molecule has 29 heavy (non-hydrogen) atoms. The molecule has 8 nitrogen and oxygen atoms in total. The van der Waals surface area contributed by atoms with Gasteiger partial charge in [-0.05, 0) is 34.1 Å². The Morgan fingerprint density at radius 3 is 2.59 bits per heavy atom. The minimum atomic E-state index is -3.05. The van der Waals surface area contributed by atoms with E-state index in [-0.39, 0.29) is 17.9 Å². The average molecular weight is 477 g/mol. The number of ether oxygens (including phenoxy) is 1. The van der Waals surface area contributed by atoms with Crippen molar-refractivity contribution in [2.75, 3.05) is 7.11 Å². The Morgan fingerprint density at radius 1 is 1.28 bits per heavy atom. The van der Waals surface area contributed by atoms with Gasteiger partial charge in [-0.15, -0.1) is 0 Å². The number of alkyl halides is 4. The summed E-state index contributed by atoms with van der Waals surface area (Å²) in [5, 5.41) is 13.4. The predicted octanol–water partition coefficient (Wildman–Crippen LogP) is 3.46. The number of halogens is 5. The van der Waals surface area contributed by atoms with Crippen molar-refractivity contribution < 1.29 is 27.1 Å². The van der Waals surface area contributed by atoms with Gasteiger partial charge in [0.05, 0.1) is 18.1 Å². The zero-order chi connectivity index (χ0) is 21.3. The van der Waals surface area contributed by atoms with E-state index in [0.29, 0.717) is 16.9 Å². The number of hydrogen-bond donors (Lipinski definition) is 2. The maximum absolute atomic E-state index is 13.5. The first-order valence-electron chi connectivity index (χ1n) is 7.94. The molecule has 3 rings (SSSR count). The topological polar surface area (TPSA) is 112 Å². The van der Waals surface area contributed by atoms with E-state index in [9.17, 15) is 22.4 Å². The molecule has 3 N–H and O–H groups in total. The summed E-state index contributed by atoms with van der Waals surface area (Å²) in [5.74, 6) is -0.521. The van der Waals surface area contributed by atoms with Crippen LogP contribution in [-0.2, 0) is 6.54 Å². The molecule has 2 heterocycles. The zero-order valence-corrected chi connectivity index (χ0v) is 16.3. The number of H-pyrrole nitrogens is 1. The SMILES string of the molecule is COc1ccc(-c2n[nH]nc2C(N)=O)cc1Cn1nc(C(F)F)c(Br)c1C(F)F. The fourth-order valence-electron chi connectivity index (χ4n) is 2.76. The highest BCUT2D eigenvalue weighted by molar-refractivity contribution is 9.10. The van der Waals surface area contributed by atoms with E-state index in [1.54, 1.807) is 6.07 Å². The molecule has 0 aliphatic carbocycles. The van der Waals surface area contributed by atoms with Crippen LogP contribution in [0.25, 0.3) is 11.3 Å². The minimum absolute atomic E-state index is 0.115. The van der Waals surface area contributed by atoms with Crippen LogP contribution < -0.4 is 10.5 Å². The normalized spacial score (nSPS) is 11.4. The summed E-state index contributed by atoms with van der Waals surface area (Å²) in [5.41, 5.74) is 4.53. The van der Waals surface area contributed by atoms with Crippen molar-refractivity contribution in [2.24, 2.45) is 5.73 Å². The molecule has 1 aromatic carbocycles. The molecule has 0 saturated heterocycles. The van der Waals surface area contributed by atoms with Gasteiger partial charge in [-0.25, -0.2) is 17.6 Å². The summed E-state index contributed by atoms with van der Waals surface area (Å²) in [4.78, 5) is 11.5. The summed E-state index contributed by atoms with van der Waals surface area (Å²) in [6.07, 6.45) is -6.08. The summed E-state index contributed by atoms with van der Waals surface area (Å²) in [6.45, 7) is -0.300. The molecule has 154 valence electrons. The van der Waals surface area contributed by atoms with E-state index in [2.05, 4.69) is 36.4 Å². The number of nitrogens with one attached hydrogen (secondary N) is 1. The van der Waals surface area contributed by atoms with Crippen LogP contribution in [0.5, 0.6) is 5.75 Å². The Morgan fingerprint density at radius 2 is 2.00 bits per heavy atom. The lowest BCUT2D eigenvalue weighted by atomic mass is 10.1. The summed E-state index contributed by atoms with van der Waals surface area (Å²) in [7, 11) is 1.36. The van der Waals surface area contributed by atoms with Gasteiger partial charge in [0, 0.05) is 11.1 Å². The molecule has 0 radical (unpaired) electrons. The van der Waals surface area contributed by atoms with E-state index in [1.807, 2.05) is 0 Å². The first kappa shape index (κ1) is 20.8. The fraction of sp³-hybridized carbons (Fsp3) is 0.250. The number of carbonyl (C=O) groups is 1. The van der Waals surface area contributed by atoms with Crippen molar-refractivity contribution in [2.45, 2.75) is 19.4 Å². The lowest BCUT2D eigenvalue weighted by Gasteiger charge is -2.12. The van der Waals surface area contributed by atoms with E-state index < -0.39 is 34.6 Å². The van der Waals surface area contributed by atoms with Crippen molar-refractivity contribution in [1.82, 2.24) is 25.2 Å². The second kappa shape index (κ2) is 8.19. The average Bonchev–Trinajstić information content (AvgIpc) is 3.26. The van der Waals surface area contributed by atoms with Gasteiger partial charge in [-0.2, -0.15) is 20.5 Å². The van der Waals surface area contributed by atoms with Gasteiger partial charge in [-0.1, -0.05) is 0 Å². The minimum Gasteiger partial charge on any atom is -0.496 e. The molecule has 0 aliphatic rings. The van der Waals surface area contributed by atoms with Crippen LogP contribution in [-0.4, -0.2) is 38.2 Å². The van der Waals surface area contributed by atoms with E-state index in [4.69, 9.17) is 10.5 Å². The van der Waals surface area contributed by atoms with Gasteiger partial charge in [0.15, 0.2) is 5.69 Å². The summed E-state index contributed by atoms with van der Waals surface area (Å²) < 4.78 is 58.7. The number of benzene rings is 1. The van der Waals surface area contributed by atoms with Crippen LogP contribution in [0.3, 0.4) is 0 Å². The molecule has 0 atom stereocenters.